The molecule has 0 atom stereocenters. The number of rotatable bonds is 1. The van der Waals surface area contributed by atoms with E-state index in [4.69, 9.17) is 11.6 Å². The summed E-state index contributed by atoms with van der Waals surface area (Å²) in [5, 5.41) is 10.4. The molecule has 1 aliphatic rings. The van der Waals surface area contributed by atoms with E-state index in [0.29, 0.717) is 5.02 Å². The van der Waals surface area contributed by atoms with Crippen molar-refractivity contribution >= 4 is 11.6 Å². The van der Waals surface area contributed by atoms with Gasteiger partial charge in [0.25, 0.3) is 0 Å². The van der Waals surface area contributed by atoms with E-state index in [2.05, 4.69) is 0 Å². The van der Waals surface area contributed by atoms with Crippen molar-refractivity contribution < 1.29 is 5.11 Å². The smallest absolute Gasteiger partial charge is 0.0899 e. The molecule has 0 amide bonds. The van der Waals surface area contributed by atoms with E-state index in [-0.39, 0.29) is 0 Å². The van der Waals surface area contributed by atoms with Gasteiger partial charge in [0.05, 0.1) is 5.60 Å². The van der Waals surface area contributed by atoms with Gasteiger partial charge in [-0.2, -0.15) is 0 Å². The van der Waals surface area contributed by atoms with Crippen LogP contribution in [0.2, 0.25) is 5.02 Å². The standard InChI is InChI=1S/C9H9ClO/c10-8-3-1-2-7(6-8)9(11)4-5-9/h1-3,6,11H,4-5H2. The largest absolute Gasteiger partial charge is 0.385 e. The molecule has 1 nitrogen and oxygen atoms in total. The summed E-state index contributed by atoms with van der Waals surface area (Å²) >= 11 is 5.77. The molecular formula is C9H9ClO. The van der Waals surface area contributed by atoms with Gasteiger partial charge in [-0.1, -0.05) is 23.7 Å². The van der Waals surface area contributed by atoms with Crippen LogP contribution in [0.1, 0.15) is 18.4 Å². The molecule has 0 saturated heterocycles. The van der Waals surface area contributed by atoms with Crippen LogP contribution in [0.5, 0.6) is 0 Å². The summed E-state index contributed by atoms with van der Waals surface area (Å²) in [7, 11) is 0. The molecule has 1 fully saturated rings. The maximum atomic E-state index is 9.67. The molecule has 0 radical (unpaired) electrons. The van der Waals surface area contributed by atoms with Crippen molar-refractivity contribution in [3.05, 3.63) is 34.9 Å². The highest BCUT2D eigenvalue weighted by molar-refractivity contribution is 6.30. The number of aliphatic hydroxyl groups is 1. The van der Waals surface area contributed by atoms with Gasteiger partial charge < -0.3 is 5.11 Å². The second-order valence-electron chi connectivity index (χ2n) is 3.04. The second-order valence-corrected chi connectivity index (χ2v) is 3.48. The maximum Gasteiger partial charge on any atom is 0.0899 e. The third-order valence-electron chi connectivity index (χ3n) is 2.09. The molecule has 0 aromatic heterocycles. The molecule has 1 saturated carbocycles. The van der Waals surface area contributed by atoms with Crippen molar-refractivity contribution in [1.29, 1.82) is 0 Å². The molecule has 0 aliphatic heterocycles. The lowest BCUT2D eigenvalue weighted by Crippen LogP contribution is -2.02. The summed E-state index contributed by atoms with van der Waals surface area (Å²) in [6.45, 7) is 0. The van der Waals surface area contributed by atoms with Crippen molar-refractivity contribution in [3.8, 4) is 0 Å². The summed E-state index contributed by atoms with van der Waals surface area (Å²) < 4.78 is 0. The normalized spacial score (nSPS) is 19.8. The average Bonchev–Trinajstić information content (AvgIpc) is 2.70. The van der Waals surface area contributed by atoms with Crippen molar-refractivity contribution in [2.24, 2.45) is 0 Å². The molecule has 1 N–H and O–H groups in total. The molecule has 0 spiro atoms. The molecule has 2 rings (SSSR count). The minimum absolute atomic E-state index is 0.551. The Hall–Kier alpha value is -0.530. The predicted molar refractivity (Wildman–Crippen MR) is 44.6 cm³/mol. The van der Waals surface area contributed by atoms with Gasteiger partial charge in [0, 0.05) is 5.02 Å². The quantitative estimate of drug-likeness (QED) is 0.683. The monoisotopic (exact) mass is 168 g/mol. The lowest BCUT2D eigenvalue weighted by molar-refractivity contribution is 0.151. The number of benzene rings is 1. The first-order valence-corrected chi connectivity index (χ1v) is 4.07. The van der Waals surface area contributed by atoms with Gasteiger partial charge in [0.15, 0.2) is 0 Å². The number of hydrogen-bond acceptors (Lipinski definition) is 1. The van der Waals surface area contributed by atoms with E-state index in [0.717, 1.165) is 18.4 Å². The van der Waals surface area contributed by atoms with Gasteiger partial charge in [-0.15, -0.1) is 0 Å². The Kier molecular flexibility index (Phi) is 1.44. The highest BCUT2D eigenvalue weighted by atomic mass is 35.5. The predicted octanol–water partition coefficient (Wildman–Crippen LogP) is 2.32. The Morgan fingerprint density at radius 3 is 2.64 bits per heavy atom. The summed E-state index contributed by atoms with van der Waals surface area (Å²) in [6.07, 6.45) is 1.74. The maximum absolute atomic E-state index is 9.67. The number of halogens is 1. The Balaban J connectivity index is 2.38. The highest BCUT2D eigenvalue weighted by Crippen LogP contribution is 2.45. The van der Waals surface area contributed by atoms with Crippen molar-refractivity contribution in [1.82, 2.24) is 0 Å². The zero-order valence-electron chi connectivity index (χ0n) is 6.05. The van der Waals surface area contributed by atoms with Gasteiger partial charge in [-0.3, -0.25) is 0 Å². The minimum atomic E-state index is -0.551. The first-order valence-electron chi connectivity index (χ1n) is 3.69. The van der Waals surface area contributed by atoms with Gasteiger partial charge in [-0.25, -0.2) is 0 Å². The van der Waals surface area contributed by atoms with E-state index < -0.39 is 5.60 Å². The fourth-order valence-electron chi connectivity index (χ4n) is 1.19. The molecule has 0 heterocycles. The molecule has 58 valence electrons. The van der Waals surface area contributed by atoms with E-state index in [1.807, 2.05) is 24.3 Å². The van der Waals surface area contributed by atoms with Crippen LogP contribution < -0.4 is 0 Å². The van der Waals surface area contributed by atoms with Gasteiger partial charge >= 0.3 is 0 Å². The van der Waals surface area contributed by atoms with Crippen LogP contribution in [0.15, 0.2) is 24.3 Å². The zero-order valence-corrected chi connectivity index (χ0v) is 6.80. The van der Waals surface area contributed by atoms with E-state index >= 15 is 0 Å². The van der Waals surface area contributed by atoms with Crippen molar-refractivity contribution in [2.75, 3.05) is 0 Å². The average molecular weight is 169 g/mol. The summed E-state index contributed by atoms with van der Waals surface area (Å²) in [5.74, 6) is 0. The van der Waals surface area contributed by atoms with Crippen LogP contribution in [0.4, 0.5) is 0 Å². The van der Waals surface area contributed by atoms with Crippen LogP contribution in [-0.4, -0.2) is 5.11 Å². The van der Waals surface area contributed by atoms with E-state index in [9.17, 15) is 5.11 Å². The molecule has 11 heavy (non-hydrogen) atoms. The Morgan fingerprint density at radius 2 is 2.09 bits per heavy atom. The molecule has 0 unspecified atom stereocenters. The van der Waals surface area contributed by atoms with Gasteiger partial charge in [-0.05, 0) is 30.5 Å². The molecule has 1 aromatic carbocycles. The zero-order chi connectivity index (χ0) is 7.90. The SMILES string of the molecule is OC1(c2cccc(Cl)c2)CC1. The Bertz CT molecular complexity index is 279. The fourth-order valence-corrected chi connectivity index (χ4v) is 1.38. The van der Waals surface area contributed by atoms with Crippen molar-refractivity contribution in [2.45, 2.75) is 18.4 Å². The van der Waals surface area contributed by atoms with Crippen LogP contribution in [-0.2, 0) is 5.60 Å². The lowest BCUT2D eigenvalue weighted by atomic mass is 10.1. The summed E-state index contributed by atoms with van der Waals surface area (Å²) in [5.41, 5.74) is 0.398. The van der Waals surface area contributed by atoms with Crippen LogP contribution in [0, 0.1) is 0 Å². The minimum Gasteiger partial charge on any atom is -0.385 e. The van der Waals surface area contributed by atoms with Crippen LogP contribution >= 0.6 is 11.6 Å². The fraction of sp³-hybridized carbons (Fsp3) is 0.333. The first kappa shape index (κ1) is 7.14. The third-order valence-corrected chi connectivity index (χ3v) is 2.32. The second kappa shape index (κ2) is 2.23. The topological polar surface area (TPSA) is 20.2 Å². The first-order chi connectivity index (χ1) is 5.21. The molecule has 1 aromatic rings. The summed E-state index contributed by atoms with van der Waals surface area (Å²) in [4.78, 5) is 0. The third kappa shape index (κ3) is 1.26. The van der Waals surface area contributed by atoms with Crippen LogP contribution in [0.25, 0.3) is 0 Å². The van der Waals surface area contributed by atoms with Crippen LogP contribution in [0.3, 0.4) is 0 Å². The highest BCUT2D eigenvalue weighted by Gasteiger charge is 2.41. The lowest BCUT2D eigenvalue weighted by Gasteiger charge is -2.06. The summed E-state index contributed by atoms with van der Waals surface area (Å²) in [6, 6.07) is 7.43. The van der Waals surface area contributed by atoms with E-state index in [1.165, 1.54) is 0 Å². The molecule has 2 heteroatoms. The number of hydrogen-bond donors (Lipinski definition) is 1. The Labute approximate surface area is 70.6 Å². The Morgan fingerprint density at radius 1 is 1.36 bits per heavy atom. The van der Waals surface area contributed by atoms with Gasteiger partial charge in [0.2, 0.25) is 0 Å². The van der Waals surface area contributed by atoms with Crippen molar-refractivity contribution in [3.63, 3.8) is 0 Å². The molecule has 1 aliphatic carbocycles. The molecule has 0 bridgehead atoms. The van der Waals surface area contributed by atoms with Gasteiger partial charge in [0.1, 0.15) is 0 Å². The van der Waals surface area contributed by atoms with E-state index in [1.54, 1.807) is 0 Å². The molecular weight excluding hydrogens is 160 g/mol.